The number of para-hydroxylation sites is 1. The van der Waals surface area contributed by atoms with Gasteiger partial charge in [0.1, 0.15) is 11.3 Å². The van der Waals surface area contributed by atoms with Crippen LogP contribution in [0, 0.1) is 0 Å². The van der Waals surface area contributed by atoms with E-state index in [1.807, 2.05) is 12.1 Å². The third-order valence-corrected chi connectivity index (χ3v) is 4.86. The van der Waals surface area contributed by atoms with Gasteiger partial charge in [0.2, 0.25) is 0 Å². The SMILES string of the molecule is O=C(N/N=C\c1cccc(Cl)c1)c1c(O)c2cccc3c2n(c1=O)CCC3. The van der Waals surface area contributed by atoms with E-state index in [2.05, 4.69) is 10.5 Å². The van der Waals surface area contributed by atoms with Crippen molar-refractivity contribution in [3.05, 3.63) is 74.5 Å². The first kappa shape index (κ1) is 17.3. The lowest BCUT2D eigenvalue weighted by molar-refractivity contribution is 0.0950. The highest BCUT2D eigenvalue weighted by molar-refractivity contribution is 6.30. The number of carbonyl (C=O) groups is 1. The van der Waals surface area contributed by atoms with Crippen LogP contribution in [-0.2, 0) is 13.0 Å². The minimum Gasteiger partial charge on any atom is -0.506 e. The highest BCUT2D eigenvalue weighted by atomic mass is 35.5. The molecule has 27 heavy (non-hydrogen) atoms. The summed E-state index contributed by atoms with van der Waals surface area (Å²) in [5.74, 6) is -1.07. The van der Waals surface area contributed by atoms with E-state index in [1.54, 1.807) is 34.9 Å². The van der Waals surface area contributed by atoms with E-state index < -0.39 is 11.5 Å². The fourth-order valence-electron chi connectivity index (χ4n) is 3.43. The fraction of sp³-hybridized carbons (Fsp3) is 0.150. The third-order valence-electron chi connectivity index (χ3n) is 4.62. The van der Waals surface area contributed by atoms with Crippen LogP contribution in [-0.4, -0.2) is 21.8 Å². The summed E-state index contributed by atoms with van der Waals surface area (Å²) in [6.07, 6.45) is 3.07. The molecule has 0 fully saturated rings. The van der Waals surface area contributed by atoms with E-state index in [0.717, 1.165) is 18.4 Å². The summed E-state index contributed by atoms with van der Waals surface area (Å²) in [7, 11) is 0. The van der Waals surface area contributed by atoms with Crippen LogP contribution < -0.4 is 11.0 Å². The molecule has 0 bridgehead atoms. The number of hydrogen-bond acceptors (Lipinski definition) is 4. The third kappa shape index (κ3) is 3.08. The predicted octanol–water partition coefficient (Wildman–Crippen LogP) is 3.07. The summed E-state index contributed by atoms with van der Waals surface area (Å²) in [6.45, 7) is 0.513. The second-order valence-corrected chi connectivity index (χ2v) is 6.79. The number of benzene rings is 2. The Labute approximate surface area is 159 Å². The maximum atomic E-state index is 12.8. The minimum atomic E-state index is -0.752. The predicted molar refractivity (Wildman–Crippen MR) is 105 cm³/mol. The fourth-order valence-corrected chi connectivity index (χ4v) is 3.63. The van der Waals surface area contributed by atoms with Gasteiger partial charge in [-0.3, -0.25) is 9.59 Å². The molecule has 0 atom stereocenters. The Kier molecular flexibility index (Phi) is 4.41. The van der Waals surface area contributed by atoms with Crippen molar-refractivity contribution in [2.75, 3.05) is 0 Å². The van der Waals surface area contributed by atoms with Crippen molar-refractivity contribution in [2.45, 2.75) is 19.4 Å². The molecule has 6 nitrogen and oxygen atoms in total. The first-order chi connectivity index (χ1) is 13.1. The molecule has 2 heterocycles. The molecule has 0 unspecified atom stereocenters. The lowest BCUT2D eigenvalue weighted by atomic mass is 9.99. The zero-order valence-electron chi connectivity index (χ0n) is 14.3. The second-order valence-electron chi connectivity index (χ2n) is 6.35. The maximum Gasteiger partial charge on any atom is 0.280 e. The quantitative estimate of drug-likeness (QED) is 0.540. The van der Waals surface area contributed by atoms with Crippen LogP contribution in [0.4, 0.5) is 0 Å². The van der Waals surface area contributed by atoms with E-state index >= 15 is 0 Å². The van der Waals surface area contributed by atoms with Crippen molar-refractivity contribution in [1.29, 1.82) is 0 Å². The number of rotatable bonds is 3. The minimum absolute atomic E-state index is 0.301. The second kappa shape index (κ2) is 6.89. The van der Waals surface area contributed by atoms with Gasteiger partial charge in [-0.05, 0) is 42.2 Å². The van der Waals surface area contributed by atoms with Crippen molar-refractivity contribution in [3.63, 3.8) is 0 Å². The number of nitrogens with one attached hydrogen (secondary N) is 1. The smallest absolute Gasteiger partial charge is 0.280 e. The maximum absolute atomic E-state index is 12.8. The summed E-state index contributed by atoms with van der Waals surface area (Å²) < 4.78 is 1.56. The monoisotopic (exact) mass is 381 g/mol. The molecule has 3 aromatic rings. The molecule has 1 aromatic heterocycles. The van der Waals surface area contributed by atoms with Crippen LogP contribution in [0.5, 0.6) is 5.75 Å². The molecule has 2 N–H and O–H groups in total. The van der Waals surface area contributed by atoms with Crippen LogP contribution in [0.1, 0.15) is 27.9 Å². The van der Waals surface area contributed by atoms with Gasteiger partial charge in [0.15, 0.2) is 0 Å². The molecule has 1 aliphatic heterocycles. The van der Waals surface area contributed by atoms with Crippen molar-refractivity contribution in [1.82, 2.24) is 9.99 Å². The van der Waals surface area contributed by atoms with E-state index in [4.69, 9.17) is 11.6 Å². The number of nitrogens with zero attached hydrogens (tertiary/aromatic N) is 2. The Morgan fingerprint density at radius 2 is 2.07 bits per heavy atom. The van der Waals surface area contributed by atoms with Gasteiger partial charge in [0.05, 0.1) is 11.7 Å². The van der Waals surface area contributed by atoms with E-state index in [9.17, 15) is 14.7 Å². The van der Waals surface area contributed by atoms with Crippen LogP contribution in [0.25, 0.3) is 10.9 Å². The molecule has 136 valence electrons. The number of aryl methyl sites for hydroxylation is 2. The van der Waals surface area contributed by atoms with Gasteiger partial charge in [-0.1, -0.05) is 35.9 Å². The van der Waals surface area contributed by atoms with Crippen molar-refractivity contribution >= 4 is 34.6 Å². The average molecular weight is 382 g/mol. The van der Waals surface area contributed by atoms with E-state index in [-0.39, 0.29) is 11.3 Å². The first-order valence-corrected chi connectivity index (χ1v) is 8.90. The van der Waals surface area contributed by atoms with Crippen LogP contribution in [0.2, 0.25) is 5.02 Å². The molecular formula is C20H16ClN3O3. The number of hydrazone groups is 1. The Bertz CT molecular complexity index is 1150. The highest BCUT2D eigenvalue weighted by Gasteiger charge is 2.24. The Hall–Kier alpha value is -3.12. The molecule has 0 saturated carbocycles. The number of hydrogen-bond donors (Lipinski definition) is 2. The highest BCUT2D eigenvalue weighted by Crippen LogP contribution is 2.31. The van der Waals surface area contributed by atoms with Crippen molar-refractivity contribution in [2.24, 2.45) is 5.10 Å². The number of aromatic nitrogens is 1. The van der Waals surface area contributed by atoms with Gasteiger partial charge >= 0.3 is 0 Å². The summed E-state index contributed by atoms with van der Waals surface area (Å²) in [4.78, 5) is 25.3. The van der Waals surface area contributed by atoms with Crippen LogP contribution in [0.3, 0.4) is 0 Å². The number of pyridine rings is 1. The van der Waals surface area contributed by atoms with Gasteiger partial charge in [-0.15, -0.1) is 0 Å². The average Bonchev–Trinajstić information content (AvgIpc) is 2.66. The number of amides is 1. The van der Waals surface area contributed by atoms with Gasteiger partial charge in [0, 0.05) is 17.0 Å². The summed E-state index contributed by atoms with van der Waals surface area (Å²) >= 11 is 5.90. The van der Waals surface area contributed by atoms with Crippen LogP contribution in [0.15, 0.2) is 52.4 Å². The number of carbonyl (C=O) groups excluding carboxylic acids is 1. The normalized spacial score (nSPS) is 13.2. The van der Waals surface area contributed by atoms with E-state index in [0.29, 0.717) is 28.0 Å². The summed E-state index contributed by atoms with van der Waals surface area (Å²) in [5, 5.41) is 15.5. The summed E-state index contributed by atoms with van der Waals surface area (Å²) in [5.41, 5.74) is 3.89. The standard InChI is InChI=1S/C20H16ClN3O3/c21-14-7-1-4-12(10-14)11-22-23-19(26)16-18(25)15-8-2-5-13-6-3-9-24(17(13)15)20(16)27/h1-2,4-5,7-8,10-11,25H,3,6,9H2,(H,23,26)/b22-11-. The zero-order chi connectivity index (χ0) is 19.0. The summed E-state index contributed by atoms with van der Waals surface area (Å²) in [6, 6.07) is 12.4. The molecule has 0 aliphatic carbocycles. The molecule has 1 amide bonds. The topological polar surface area (TPSA) is 83.7 Å². The van der Waals surface area contributed by atoms with Gasteiger partial charge in [0.25, 0.3) is 11.5 Å². The Morgan fingerprint density at radius 1 is 1.26 bits per heavy atom. The van der Waals surface area contributed by atoms with E-state index in [1.165, 1.54) is 6.21 Å². The number of halogens is 1. The first-order valence-electron chi connectivity index (χ1n) is 8.52. The largest absolute Gasteiger partial charge is 0.506 e. The zero-order valence-corrected chi connectivity index (χ0v) is 15.0. The van der Waals surface area contributed by atoms with Gasteiger partial charge in [-0.25, -0.2) is 5.43 Å². The molecular weight excluding hydrogens is 366 g/mol. The lowest BCUT2D eigenvalue weighted by Crippen LogP contribution is -2.33. The van der Waals surface area contributed by atoms with Crippen molar-refractivity contribution in [3.8, 4) is 5.75 Å². The number of aromatic hydroxyl groups is 1. The van der Waals surface area contributed by atoms with Gasteiger partial charge < -0.3 is 9.67 Å². The molecule has 7 heteroatoms. The molecule has 0 radical (unpaired) electrons. The molecule has 1 aliphatic rings. The Morgan fingerprint density at radius 3 is 2.89 bits per heavy atom. The molecule has 2 aromatic carbocycles. The Balaban J connectivity index is 1.71. The van der Waals surface area contributed by atoms with Gasteiger partial charge in [-0.2, -0.15) is 5.10 Å². The molecule has 0 spiro atoms. The lowest BCUT2D eigenvalue weighted by Gasteiger charge is -2.21. The molecule has 0 saturated heterocycles. The van der Waals surface area contributed by atoms with Crippen molar-refractivity contribution < 1.29 is 9.90 Å². The molecule has 4 rings (SSSR count). The van der Waals surface area contributed by atoms with Crippen LogP contribution >= 0.6 is 11.6 Å².